The van der Waals surface area contributed by atoms with Crippen LogP contribution in [0.2, 0.25) is 0 Å². The minimum absolute atomic E-state index is 0.0948. The Bertz CT molecular complexity index is 730. The van der Waals surface area contributed by atoms with Gasteiger partial charge in [0.15, 0.2) is 11.5 Å². The molecule has 0 aromatic heterocycles. The summed E-state index contributed by atoms with van der Waals surface area (Å²) in [7, 11) is 3.33. The van der Waals surface area contributed by atoms with E-state index in [2.05, 4.69) is 55.6 Å². The maximum Gasteiger partial charge on any atom is 0.161 e. The number of methoxy groups -OCH3 is 2. The molecule has 4 heteroatoms. The zero-order chi connectivity index (χ0) is 19.3. The van der Waals surface area contributed by atoms with Crippen molar-refractivity contribution in [2.45, 2.75) is 44.9 Å². The highest BCUT2D eigenvalue weighted by atomic mass is 16.5. The van der Waals surface area contributed by atoms with Crippen LogP contribution in [0.1, 0.15) is 31.4 Å². The van der Waals surface area contributed by atoms with Gasteiger partial charge in [-0.2, -0.15) is 0 Å². The second-order valence-corrected chi connectivity index (χ2v) is 7.90. The SMILES string of the molecule is COc1ccc(CN[C@H]2CC(C)(C)OC[C@H]2Cc2ccccc2)cc1OC. The molecule has 1 aliphatic rings. The molecule has 2 atom stereocenters. The van der Waals surface area contributed by atoms with E-state index in [-0.39, 0.29) is 5.60 Å². The first kappa shape index (κ1) is 19.7. The quantitative estimate of drug-likeness (QED) is 0.793. The maximum absolute atomic E-state index is 6.12. The number of hydrogen-bond donors (Lipinski definition) is 1. The predicted molar refractivity (Wildman–Crippen MR) is 108 cm³/mol. The molecule has 0 radical (unpaired) electrons. The van der Waals surface area contributed by atoms with Crippen LogP contribution in [0, 0.1) is 5.92 Å². The van der Waals surface area contributed by atoms with Crippen molar-refractivity contribution in [1.82, 2.24) is 5.32 Å². The minimum atomic E-state index is -0.0948. The van der Waals surface area contributed by atoms with Gasteiger partial charge >= 0.3 is 0 Å². The monoisotopic (exact) mass is 369 g/mol. The van der Waals surface area contributed by atoms with Gasteiger partial charge in [0.1, 0.15) is 0 Å². The average molecular weight is 370 g/mol. The van der Waals surface area contributed by atoms with Crippen LogP contribution in [0.4, 0.5) is 0 Å². The largest absolute Gasteiger partial charge is 0.493 e. The standard InChI is InChI=1S/C23H31NO3/c1-23(2)14-20(19(16-27-23)12-17-8-6-5-7-9-17)24-15-18-10-11-21(25-3)22(13-18)26-4/h5-11,13,19-20,24H,12,14-16H2,1-4H3/t19-,20+/m1/s1. The molecular formula is C23H31NO3. The van der Waals surface area contributed by atoms with Gasteiger partial charge in [0.05, 0.1) is 26.4 Å². The lowest BCUT2D eigenvalue weighted by Gasteiger charge is -2.41. The van der Waals surface area contributed by atoms with Gasteiger partial charge in [0, 0.05) is 18.5 Å². The lowest BCUT2D eigenvalue weighted by Crippen LogP contribution is -2.50. The Morgan fingerprint density at radius 2 is 1.74 bits per heavy atom. The first-order valence-electron chi connectivity index (χ1n) is 9.63. The topological polar surface area (TPSA) is 39.7 Å². The Morgan fingerprint density at radius 3 is 2.44 bits per heavy atom. The summed E-state index contributed by atoms with van der Waals surface area (Å²) in [5.74, 6) is 1.99. The van der Waals surface area contributed by atoms with E-state index in [1.54, 1.807) is 14.2 Å². The Balaban J connectivity index is 1.69. The zero-order valence-corrected chi connectivity index (χ0v) is 16.8. The number of benzene rings is 2. The van der Waals surface area contributed by atoms with E-state index in [0.29, 0.717) is 12.0 Å². The van der Waals surface area contributed by atoms with Crippen LogP contribution in [-0.2, 0) is 17.7 Å². The van der Waals surface area contributed by atoms with Gasteiger partial charge in [0.2, 0.25) is 0 Å². The summed E-state index contributed by atoms with van der Waals surface area (Å²) in [6.07, 6.45) is 2.03. The number of hydrogen-bond acceptors (Lipinski definition) is 4. The molecule has 0 saturated carbocycles. The van der Waals surface area contributed by atoms with Gasteiger partial charge in [-0.25, -0.2) is 0 Å². The van der Waals surface area contributed by atoms with Crippen molar-refractivity contribution in [2.24, 2.45) is 5.92 Å². The molecule has 1 N–H and O–H groups in total. The molecule has 0 bridgehead atoms. The van der Waals surface area contributed by atoms with Crippen LogP contribution in [0.25, 0.3) is 0 Å². The van der Waals surface area contributed by atoms with Gasteiger partial charge < -0.3 is 19.5 Å². The zero-order valence-electron chi connectivity index (χ0n) is 16.8. The smallest absolute Gasteiger partial charge is 0.161 e. The molecule has 0 unspecified atom stereocenters. The molecule has 4 nitrogen and oxygen atoms in total. The fraction of sp³-hybridized carbons (Fsp3) is 0.478. The van der Waals surface area contributed by atoms with Crippen LogP contribution < -0.4 is 14.8 Å². The highest BCUT2D eigenvalue weighted by molar-refractivity contribution is 5.42. The molecular weight excluding hydrogens is 338 g/mol. The van der Waals surface area contributed by atoms with E-state index in [4.69, 9.17) is 14.2 Å². The summed E-state index contributed by atoms with van der Waals surface area (Å²) in [6, 6.07) is 17.2. The number of rotatable bonds is 7. The molecule has 0 spiro atoms. The lowest BCUT2D eigenvalue weighted by atomic mass is 9.83. The average Bonchev–Trinajstić information content (AvgIpc) is 2.68. The highest BCUT2D eigenvalue weighted by Crippen LogP contribution is 2.31. The van der Waals surface area contributed by atoms with Gasteiger partial charge in [-0.1, -0.05) is 36.4 Å². The van der Waals surface area contributed by atoms with Crippen molar-refractivity contribution < 1.29 is 14.2 Å². The van der Waals surface area contributed by atoms with Gasteiger partial charge in [0.25, 0.3) is 0 Å². The second-order valence-electron chi connectivity index (χ2n) is 7.90. The van der Waals surface area contributed by atoms with Crippen LogP contribution in [-0.4, -0.2) is 32.5 Å². The Labute approximate surface area is 162 Å². The van der Waals surface area contributed by atoms with Crippen molar-refractivity contribution in [1.29, 1.82) is 0 Å². The van der Waals surface area contributed by atoms with E-state index < -0.39 is 0 Å². The summed E-state index contributed by atoms with van der Waals surface area (Å²) in [6.45, 7) is 5.94. The van der Waals surface area contributed by atoms with E-state index in [1.165, 1.54) is 11.1 Å². The first-order chi connectivity index (χ1) is 13.0. The van der Waals surface area contributed by atoms with Crippen LogP contribution >= 0.6 is 0 Å². The minimum Gasteiger partial charge on any atom is -0.493 e. The van der Waals surface area contributed by atoms with Crippen LogP contribution in [0.5, 0.6) is 11.5 Å². The molecule has 146 valence electrons. The van der Waals surface area contributed by atoms with Gasteiger partial charge in [-0.15, -0.1) is 0 Å². The molecule has 1 aliphatic heterocycles. The summed E-state index contributed by atoms with van der Waals surface area (Å²) < 4.78 is 16.9. The summed E-state index contributed by atoms with van der Waals surface area (Å²) in [5, 5.41) is 3.78. The normalized spacial score (nSPS) is 21.6. The number of ether oxygens (including phenoxy) is 3. The van der Waals surface area contributed by atoms with E-state index in [0.717, 1.165) is 37.5 Å². The fourth-order valence-electron chi connectivity index (χ4n) is 3.80. The molecule has 0 aliphatic carbocycles. The van der Waals surface area contributed by atoms with Gasteiger partial charge in [-0.05, 0) is 49.9 Å². The summed E-state index contributed by atoms with van der Waals surface area (Å²) in [5.41, 5.74) is 2.46. The Hall–Kier alpha value is -2.04. The van der Waals surface area contributed by atoms with E-state index >= 15 is 0 Å². The van der Waals surface area contributed by atoms with Crippen molar-refractivity contribution in [3.63, 3.8) is 0 Å². The third-order valence-electron chi connectivity index (χ3n) is 5.33. The van der Waals surface area contributed by atoms with Crippen LogP contribution in [0.3, 0.4) is 0 Å². The lowest BCUT2D eigenvalue weighted by molar-refractivity contribution is -0.0906. The maximum atomic E-state index is 6.12. The van der Waals surface area contributed by atoms with E-state index in [1.807, 2.05) is 12.1 Å². The van der Waals surface area contributed by atoms with E-state index in [9.17, 15) is 0 Å². The predicted octanol–water partition coefficient (Wildman–Crippen LogP) is 4.22. The van der Waals surface area contributed by atoms with Crippen molar-refractivity contribution >= 4 is 0 Å². The Morgan fingerprint density at radius 1 is 1.00 bits per heavy atom. The third-order valence-corrected chi connectivity index (χ3v) is 5.33. The summed E-state index contributed by atoms with van der Waals surface area (Å²) >= 11 is 0. The molecule has 0 amide bonds. The molecule has 2 aromatic carbocycles. The van der Waals surface area contributed by atoms with Crippen molar-refractivity contribution in [3.05, 3.63) is 59.7 Å². The molecule has 1 saturated heterocycles. The summed E-state index contributed by atoms with van der Waals surface area (Å²) in [4.78, 5) is 0. The molecule has 1 heterocycles. The highest BCUT2D eigenvalue weighted by Gasteiger charge is 2.35. The van der Waals surface area contributed by atoms with Crippen LogP contribution in [0.15, 0.2) is 48.5 Å². The van der Waals surface area contributed by atoms with Gasteiger partial charge in [-0.3, -0.25) is 0 Å². The molecule has 3 rings (SSSR count). The second kappa shape index (κ2) is 8.77. The number of nitrogens with one attached hydrogen (secondary N) is 1. The molecule has 2 aromatic rings. The fourth-order valence-corrected chi connectivity index (χ4v) is 3.80. The third kappa shape index (κ3) is 5.24. The Kier molecular flexibility index (Phi) is 6.40. The van der Waals surface area contributed by atoms with Crippen molar-refractivity contribution in [2.75, 3.05) is 20.8 Å². The molecule has 27 heavy (non-hydrogen) atoms. The molecule has 1 fully saturated rings. The van der Waals surface area contributed by atoms with Crippen molar-refractivity contribution in [3.8, 4) is 11.5 Å². The first-order valence-corrected chi connectivity index (χ1v) is 9.63.